The van der Waals surface area contributed by atoms with Crippen LogP contribution >= 0.6 is 0 Å². The molecule has 2 aliphatic rings. The molecule has 0 bridgehead atoms. The van der Waals surface area contributed by atoms with Crippen LogP contribution in [0.4, 0.5) is 13.2 Å². The Kier molecular flexibility index (Phi) is 4.15. The molecule has 3 atom stereocenters. The van der Waals surface area contributed by atoms with Crippen LogP contribution in [0.1, 0.15) is 31.7 Å². The summed E-state index contributed by atoms with van der Waals surface area (Å²) in [5.74, 6) is -1.98. The molecule has 0 spiro atoms. The lowest BCUT2D eigenvalue weighted by Crippen LogP contribution is -2.62. The van der Waals surface area contributed by atoms with Gasteiger partial charge in [0.1, 0.15) is 0 Å². The fourth-order valence-corrected chi connectivity index (χ4v) is 3.50. The number of hydrogen-bond acceptors (Lipinski definition) is 3. The van der Waals surface area contributed by atoms with Gasteiger partial charge in [-0.1, -0.05) is 37.3 Å². The van der Waals surface area contributed by atoms with Crippen LogP contribution in [0.15, 0.2) is 35.4 Å². The summed E-state index contributed by atoms with van der Waals surface area (Å²) in [6.45, 7) is 1.85. The Bertz CT molecular complexity index is 660. The summed E-state index contributed by atoms with van der Waals surface area (Å²) in [7, 11) is 0. The number of fused-ring (bicyclic) bond motifs is 1. The van der Waals surface area contributed by atoms with E-state index in [2.05, 4.69) is 5.10 Å². The van der Waals surface area contributed by atoms with Gasteiger partial charge >= 0.3 is 6.18 Å². The number of benzene rings is 1. The molecule has 0 unspecified atom stereocenters. The first-order valence-corrected chi connectivity index (χ1v) is 7.97. The number of rotatable bonds is 2. The molecule has 1 aromatic carbocycles. The fraction of sp³-hybridized carbons (Fsp3) is 0.529. The highest BCUT2D eigenvalue weighted by atomic mass is 19.4. The molecule has 1 heterocycles. The molecule has 1 aliphatic heterocycles. The predicted molar refractivity (Wildman–Crippen MR) is 81.9 cm³/mol. The smallest absolute Gasteiger partial charge is 0.362 e. The van der Waals surface area contributed by atoms with Gasteiger partial charge in [0.05, 0.1) is 12.3 Å². The second kappa shape index (κ2) is 5.88. The van der Waals surface area contributed by atoms with Crippen LogP contribution < -0.4 is 0 Å². The van der Waals surface area contributed by atoms with Crippen molar-refractivity contribution in [2.75, 3.05) is 0 Å². The van der Waals surface area contributed by atoms with Gasteiger partial charge in [-0.2, -0.15) is 23.3 Å². The van der Waals surface area contributed by atoms with Crippen molar-refractivity contribution in [2.45, 2.75) is 44.5 Å². The topological polar surface area (TPSA) is 52.9 Å². The van der Waals surface area contributed by atoms with E-state index in [0.29, 0.717) is 18.4 Å². The number of hydrazone groups is 1. The van der Waals surface area contributed by atoms with E-state index in [0.717, 1.165) is 0 Å². The standard InChI is InChI=1S/C17H19F3N2O2/c1-11-7-8-14-13(9-11)16(24,17(18,19)20)22(21-14)15(23)10-12-5-3-2-4-6-12/h2-6,11,13,24H,7-10H2,1H3/t11-,13-,16-/m1/s1. The minimum atomic E-state index is -4.97. The highest BCUT2D eigenvalue weighted by Gasteiger charge is 2.68. The van der Waals surface area contributed by atoms with Crippen molar-refractivity contribution in [3.8, 4) is 0 Å². The van der Waals surface area contributed by atoms with Gasteiger partial charge in [0.25, 0.3) is 5.72 Å². The van der Waals surface area contributed by atoms with Crippen molar-refractivity contribution in [1.82, 2.24) is 5.01 Å². The summed E-state index contributed by atoms with van der Waals surface area (Å²) in [5, 5.41) is 14.7. The van der Waals surface area contributed by atoms with E-state index in [4.69, 9.17) is 0 Å². The molecular formula is C17H19F3N2O2. The summed E-state index contributed by atoms with van der Waals surface area (Å²) in [4.78, 5) is 12.5. The molecule has 4 nitrogen and oxygen atoms in total. The van der Waals surface area contributed by atoms with Gasteiger partial charge < -0.3 is 5.11 Å². The monoisotopic (exact) mass is 340 g/mol. The maximum Gasteiger partial charge on any atom is 0.439 e. The molecule has 130 valence electrons. The molecule has 0 radical (unpaired) electrons. The van der Waals surface area contributed by atoms with Gasteiger partial charge in [-0.3, -0.25) is 4.79 Å². The van der Waals surface area contributed by atoms with Crippen LogP contribution in [0.5, 0.6) is 0 Å². The van der Waals surface area contributed by atoms with Crippen LogP contribution in [0.25, 0.3) is 0 Å². The number of hydrogen-bond donors (Lipinski definition) is 1. The lowest BCUT2D eigenvalue weighted by atomic mass is 9.76. The highest BCUT2D eigenvalue weighted by Crippen LogP contribution is 2.49. The zero-order chi connectivity index (χ0) is 17.5. The Balaban J connectivity index is 1.93. The lowest BCUT2D eigenvalue weighted by molar-refractivity contribution is -0.317. The Morgan fingerprint density at radius 3 is 2.67 bits per heavy atom. The van der Waals surface area contributed by atoms with Gasteiger partial charge in [0, 0.05) is 5.71 Å². The van der Waals surface area contributed by atoms with Crippen molar-refractivity contribution in [1.29, 1.82) is 0 Å². The van der Waals surface area contributed by atoms with E-state index in [1.807, 2.05) is 6.92 Å². The third-order valence-electron chi connectivity index (χ3n) is 4.82. The summed E-state index contributed by atoms with van der Waals surface area (Å²) in [6.07, 6.45) is -3.95. The molecule has 1 N–H and O–H groups in total. The SMILES string of the molecule is C[C@@H]1CCC2=NN(C(=O)Cc3ccccc3)[C@](O)(C(F)(F)F)[C@@H]2C1. The Labute approximate surface area is 138 Å². The quantitative estimate of drug-likeness (QED) is 0.899. The maximum absolute atomic E-state index is 13.7. The second-order valence-electron chi connectivity index (χ2n) is 6.62. The number of alkyl halides is 3. The highest BCUT2D eigenvalue weighted by molar-refractivity contribution is 5.93. The van der Waals surface area contributed by atoms with E-state index in [-0.39, 0.29) is 29.5 Å². The molecule has 7 heteroatoms. The Morgan fingerprint density at radius 1 is 1.38 bits per heavy atom. The molecule has 1 aromatic rings. The normalized spacial score (nSPS) is 30.0. The van der Waals surface area contributed by atoms with Gasteiger partial charge in [-0.25, -0.2) is 0 Å². The third-order valence-corrected chi connectivity index (χ3v) is 4.82. The number of halogens is 3. The number of carbonyl (C=O) groups excluding carboxylic acids is 1. The molecule has 3 rings (SSSR count). The van der Waals surface area contributed by atoms with Crippen molar-refractivity contribution in [3.63, 3.8) is 0 Å². The average molecular weight is 340 g/mol. The minimum absolute atomic E-state index is 0.0481. The first-order valence-electron chi connectivity index (χ1n) is 7.97. The first kappa shape index (κ1) is 17.0. The van der Waals surface area contributed by atoms with Crippen LogP contribution in [0.2, 0.25) is 0 Å². The molecular weight excluding hydrogens is 321 g/mol. The summed E-state index contributed by atoms with van der Waals surface area (Å²) < 4.78 is 41.0. The number of nitrogens with zero attached hydrogens (tertiary/aromatic N) is 2. The first-order chi connectivity index (χ1) is 11.2. The van der Waals surface area contributed by atoms with Crippen LogP contribution in [0.3, 0.4) is 0 Å². The molecule has 24 heavy (non-hydrogen) atoms. The van der Waals surface area contributed by atoms with E-state index in [1.165, 1.54) is 0 Å². The zero-order valence-corrected chi connectivity index (χ0v) is 13.3. The molecule has 0 saturated heterocycles. The van der Waals surface area contributed by atoms with Gasteiger partial charge in [0.2, 0.25) is 5.91 Å². The lowest BCUT2D eigenvalue weighted by Gasteiger charge is -2.39. The van der Waals surface area contributed by atoms with Gasteiger partial charge in [-0.05, 0) is 30.7 Å². The zero-order valence-electron chi connectivity index (χ0n) is 13.3. The maximum atomic E-state index is 13.7. The van der Waals surface area contributed by atoms with Crippen molar-refractivity contribution < 1.29 is 23.1 Å². The van der Waals surface area contributed by atoms with E-state index < -0.39 is 23.7 Å². The summed E-state index contributed by atoms with van der Waals surface area (Å²) >= 11 is 0. The molecule has 1 fully saturated rings. The fourth-order valence-electron chi connectivity index (χ4n) is 3.50. The Hall–Kier alpha value is -1.89. The van der Waals surface area contributed by atoms with E-state index in [1.54, 1.807) is 30.3 Å². The van der Waals surface area contributed by atoms with Crippen molar-refractivity contribution in [2.24, 2.45) is 16.9 Å². The molecule has 1 saturated carbocycles. The molecule has 1 amide bonds. The third kappa shape index (κ3) is 2.70. The minimum Gasteiger partial charge on any atom is -0.362 e. The number of carbonyl (C=O) groups is 1. The van der Waals surface area contributed by atoms with Crippen LogP contribution in [-0.2, 0) is 11.2 Å². The van der Waals surface area contributed by atoms with Crippen LogP contribution in [0, 0.1) is 11.8 Å². The summed E-state index contributed by atoms with van der Waals surface area (Å²) in [5.41, 5.74) is -2.40. The van der Waals surface area contributed by atoms with Gasteiger partial charge in [-0.15, -0.1) is 0 Å². The average Bonchev–Trinajstić information content (AvgIpc) is 2.82. The van der Waals surface area contributed by atoms with Crippen LogP contribution in [-0.4, -0.2) is 33.6 Å². The second-order valence-corrected chi connectivity index (χ2v) is 6.62. The summed E-state index contributed by atoms with van der Waals surface area (Å²) in [6, 6.07) is 8.48. The Morgan fingerprint density at radius 2 is 2.04 bits per heavy atom. The molecule has 1 aliphatic carbocycles. The predicted octanol–water partition coefficient (Wildman–Crippen LogP) is 3.11. The van der Waals surface area contributed by atoms with E-state index in [9.17, 15) is 23.1 Å². The van der Waals surface area contributed by atoms with Crippen molar-refractivity contribution >= 4 is 11.6 Å². The van der Waals surface area contributed by atoms with Gasteiger partial charge in [0.15, 0.2) is 0 Å². The number of aliphatic hydroxyl groups is 1. The number of amides is 1. The molecule has 0 aromatic heterocycles. The van der Waals surface area contributed by atoms with Crippen molar-refractivity contribution in [3.05, 3.63) is 35.9 Å². The van der Waals surface area contributed by atoms with E-state index >= 15 is 0 Å². The largest absolute Gasteiger partial charge is 0.439 e.